The molecule has 1 aromatic carbocycles. The number of piperidine rings is 1. The number of carbonyl (C=O) groups is 5. The Kier molecular flexibility index (Phi) is 9.17. The number of anilines is 4. The zero-order chi connectivity index (χ0) is 39.6. The summed E-state index contributed by atoms with van der Waals surface area (Å²) in [6, 6.07) is 12.2. The number of carbonyl (C=O) groups excluding carboxylic acids is 4. The quantitative estimate of drug-likeness (QED) is 0.175. The molecule has 296 valence electrons. The van der Waals surface area contributed by atoms with Crippen LogP contribution in [0.1, 0.15) is 84.9 Å². The highest BCUT2D eigenvalue weighted by molar-refractivity contribution is 6.15. The molecule has 10 rings (SSSR count). The molecule has 1 unspecified atom stereocenters. The summed E-state index contributed by atoms with van der Waals surface area (Å²) in [6.07, 6.45) is 10.3. The van der Waals surface area contributed by atoms with E-state index >= 15 is 0 Å². The Balaban J connectivity index is 0.00000137. The number of imide groups is 1. The van der Waals surface area contributed by atoms with Gasteiger partial charge >= 0.3 is 0 Å². The highest BCUT2D eigenvalue weighted by atomic mass is 16.3. The lowest BCUT2D eigenvalue weighted by Gasteiger charge is -2.53. The van der Waals surface area contributed by atoms with Gasteiger partial charge in [0.05, 0.1) is 17.3 Å². The molecule has 16 nitrogen and oxygen atoms in total. The first-order chi connectivity index (χ1) is 27.6. The predicted molar refractivity (Wildman–Crippen MR) is 211 cm³/mol. The molecule has 3 saturated heterocycles. The Morgan fingerprint density at radius 3 is 2.40 bits per heavy atom. The molecule has 6 aliphatic rings. The fourth-order valence-corrected chi connectivity index (χ4v) is 9.55. The molecular weight excluding hydrogens is 729 g/mol. The summed E-state index contributed by atoms with van der Waals surface area (Å²) in [4.78, 5) is 82.2. The van der Waals surface area contributed by atoms with Gasteiger partial charge in [0.1, 0.15) is 23.2 Å². The van der Waals surface area contributed by atoms with Crippen LogP contribution in [-0.4, -0.2) is 117 Å². The van der Waals surface area contributed by atoms with Gasteiger partial charge in [-0.3, -0.25) is 39.1 Å². The van der Waals surface area contributed by atoms with Crippen LogP contribution in [0.4, 0.5) is 23.1 Å². The van der Waals surface area contributed by atoms with Crippen LogP contribution in [0.25, 0.3) is 11.0 Å². The van der Waals surface area contributed by atoms with Crippen molar-refractivity contribution in [2.45, 2.75) is 80.8 Å². The van der Waals surface area contributed by atoms with Gasteiger partial charge in [0, 0.05) is 82.0 Å². The second kappa shape index (κ2) is 14.2. The minimum absolute atomic E-state index is 0.0232. The fourth-order valence-electron chi connectivity index (χ4n) is 9.55. The van der Waals surface area contributed by atoms with Crippen molar-refractivity contribution in [3.8, 4) is 0 Å². The molecule has 7 heterocycles. The molecule has 5 fully saturated rings. The summed E-state index contributed by atoms with van der Waals surface area (Å²) in [5.41, 5.74) is 5.21. The average Bonchev–Trinajstić information content (AvgIpc) is 3.49. The minimum Gasteiger partial charge on any atom is -0.483 e. The lowest BCUT2D eigenvalue weighted by Crippen LogP contribution is -2.64. The van der Waals surface area contributed by atoms with E-state index in [1.54, 1.807) is 30.1 Å². The van der Waals surface area contributed by atoms with Gasteiger partial charge in [0.25, 0.3) is 12.4 Å². The van der Waals surface area contributed by atoms with E-state index in [4.69, 9.17) is 14.9 Å². The monoisotopic (exact) mass is 774 g/mol. The molecule has 0 bridgehead atoms. The molecule has 57 heavy (non-hydrogen) atoms. The normalized spacial score (nSPS) is 21.8. The average molecular weight is 775 g/mol. The first kappa shape index (κ1) is 36.7. The van der Waals surface area contributed by atoms with Gasteiger partial charge in [-0.2, -0.15) is 4.98 Å². The second-order valence-electron chi connectivity index (χ2n) is 16.3. The number of nitrogens with one attached hydrogen (secondary N) is 2. The van der Waals surface area contributed by atoms with Crippen LogP contribution in [0, 0.1) is 0 Å². The number of pyridine rings is 1. The van der Waals surface area contributed by atoms with E-state index < -0.39 is 11.5 Å². The van der Waals surface area contributed by atoms with Gasteiger partial charge in [0.2, 0.25) is 23.7 Å². The van der Waals surface area contributed by atoms with Gasteiger partial charge < -0.3 is 24.8 Å². The van der Waals surface area contributed by atoms with E-state index in [1.165, 1.54) is 5.56 Å². The third-order valence-electron chi connectivity index (χ3n) is 12.7. The van der Waals surface area contributed by atoms with E-state index in [0.717, 1.165) is 92.7 Å². The summed E-state index contributed by atoms with van der Waals surface area (Å²) in [5, 5.41) is 13.5. The van der Waals surface area contributed by atoms with Crippen molar-refractivity contribution in [1.29, 1.82) is 0 Å². The number of fused-ring (bicyclic) bond motifs is 3. The highest BCUT2D eigenvalue weighted by Crippen LogP contribution is 2.60. The number of hydrogen-bond acceptors (Lipinski definition) is 11. The molecule has 4 amide bonds. The molecule has 16 heteroatoms. The third kappa shape index (κ3) is 6.26. The Morgan fingerprint density at radius 2 is 1.74 bits per heavy atom. The summed E-state index contributed by atoms with van der Waals surface area (Å²) in [7, 11) is 3.55. The van der Waals surface area contributed by atoms with Gasteiger partial charge in [0.15, 0.2) is 0 Å². The number of benzene rings is 1. The van der Waals surface area contributed by atoms with Crippen LogP contribution in [-0.2, 0) is 24.6 Å². The summed E-state index contributed by atoms with van der Waals surface area (Å²) in [6.45, 7) is 3.48. The van der Waals surface area contributed by atoms with Crippen molar-refractivity contribution >= 4 is 64.3 Å². The maximum atomic E-state index is 13.8. The molecule has 4 aromatic rings. The highest BCUT2D eigenvalue weighted by Gasteiger charge is 2.62. The standard InChI is InChI=1S/C40H44N10O4.CH2O2/c1-46(2)37(53)31-16-23-17-42-39(45-35(23)49(31)25-6-3-4-7-25)43-32-12-10-26(18-41-32)48-21-27(22-48)47-19-24(20-47)28-8-5-9-29-34(28)40(14-15-40)38(54)50(29)30-11-13-33(51)44-36(30)52;2-1-3/h5,8-10,12,16-18,24-25,27,30H,3-4,6-7,11,13-15,19-22H2,1-2H3,(H,44,51,52)(H,41,42,43,45);1H,(H,2,3). The summed E-state index contributed by atoms with van der Waals surface area (Å²) < 4.78 is 2.11. The molecule has 3 aromatic heterocycles. The third-order valence-corrected chi connectivity index (χ3v) is 12.7. The fraction of sp³-hybridized carbons (Fsp3) is 0.463. The largest absolute Gasteiger partial charge is 0.483 e. The van der Waals surface area contributed by atoms with E-state index in [0.29, 0.717) is 35.8 Å². The zero-order valence-corrected chi connectivity index (χ0v) is 32.1. The molecule has 3 N–H and O–H groups in total. The molecule has 4 aliphatic heterocycles. The first-order valence-electron chi connectivity index (χ1n) is 19.8. The van der Waals surface area contributed by atoms with Crippen molar-refractivity contribution < 1.29 is 29.1 Å². The van der Waals surface area contributed by atoms with Crippen LogP contribution in [0.15, 0.2) is 48.8 Å². The molecule has 2 saturated carbocycles. The lowest BCUT2D eigenvalue weighted by atomic mass is 9.81. The molecular formula is C41H46N10O6. The summed E-state index contributed by atoms with van der Waals surface area (Å²) in [5.74, 6) is 0.799. The number of amides is 4. The van der Waals surface area contributed by atoms with Gasteiger partial charge in [-0.25, -0.2) is 9.97 Å². The number of carboxylic acid groups (broad SMARTS) is 1. The summed E-state index contributed by atoms with van der Waals surface area (Å²) >= 11 is 0. The minimum atomic E-state index is -0.630. The van der Waals surface area contributed by atoms with Crippen LogP contribution in [0.3, 0.4) is 0 Å². The van der Waals surface area contributed by atoms with Gasteiger partial charge in [-0.15, -0.1) is 0 Å². The van der Waals surface area contributed by atoms with Crippen LogP contribution in [0.2, 0.25) is 0 Å². The molecule has 0 radical (unpaired) electrons. The van der Waals surface area contributed by atoms with Crippen LogP contribution >= 0.6 is 0 Å². The van der Waals surface area contributed by atoms with Crippen molar-refractivity contribution in [3.05, 3.63) is 65.6 Å². The van der Waals surface area contributed by atoms with E-state index in [1.807, 2.05) is 30.5 Å². The topological polar surface area (TPSA) is 186 Å². The van der Waals surface area contributed by atoms with Crippen LogP contribution in [0.5, 0.6) is 0 Å². The van der Waals surface area contributed by atoms with E-state index in [-0.39, 0.29) is 42.6 Å². The Bertz CT molecular complexity index is 2270. The van der Waals surface area contributed by atoms with E-state index in [9.17, 15) is 19.2 Å². The number of likely N-dealkylation sites (tertiary alicyclic amines) is 1. The van der Waals surface area contributed by atoms with Gasteiger partial charge in [-0.1, -0.05) is 25.0 Å². The molecule has 1 atom stereocenters. The Labute approximate surface area is 329 Å². The van der Waals surface area contributed by atoms with Gasteiger partial charge in [-0.05, 0) is 67.5 Å². The first-order valence-corrected chi connectivity index (χ1v) is 19.8. The number of nitrogens with zero attached hydrogens (tertiary/aromatic N) is 8. The van der Waals surface area contributed by atoms with Crippen molar-refractivity contribution in [1.82, 2.24) is 34.6 Å². The number of aromatic nitrogens is 4. The lowest BCUT2D eigenvalue weighted by molar-refractivity contribution is -0.136. The number of hydrogen-bond donors (Lipinski definition) is 3. The van der Waals surface area contributed by atoms with Crippen LogP contribution < -0.4 is 20.4 Å². The van der Waals surface area contributed by atoms with Crippen molar-refractivity contribution in [2.75, 3.05) is 55.4 Å². The number of rotatable bonds is 8. The molecule has 1 spiro atoms. The Morgan fingerprint density at radius 1 is 0.982 bits per heavy atom. The molecule has 2 aliphatic carbocycles. The van der Waals surface area contributed by atoms with Crippen molar-refractivity contribution in [3.63, 3.8) is 0 Å². The van der Waals surface area contributed by atoms with Crippen molar-refractivity contribution in [2.24, 2.45) is 0 Å². The van der Waals surface area contributed by atoms with E-state index in [2.05, 4.69) is 47.1 Å². The maximum absolute atomic E-state index is 13.8. The predicted octanol–water partition coefficient (Wildman–Crippen LogP) is 3.56. The Hall–Kier alpha value is -5.90. The zero-order valence-electron chi connectivity index (χ0n) is 32.1. The maximum Gasteiger partial charge on any atom is 0.290 e. The SMILES string of the molecule is CN(C)C(=O)c1cc2cnc(Nc3ccc(N4CC(N5CC(c6cccc7c6C6(CC6)C(=O)N7C6CCC(=O)NC6=O)C5)C4)cn3)nc2n1C1CCCC1.O=CO. The second-order valence-corrected chi connectivity index (χ2v) is 16.3. The smallest absolute Gasteiger partial charge is 0.290 e.